The molecule has 1 aromatic heterocycles. The van der Waals surface area contributed by atoms with Crippen LogP contribution in [0.3, 0.4) is 0 Å². The van der Waals surface area contributed by atoms with Gasteiger partial charge >= 0.3 is 0 Å². The van der Waals surface area contributed by atoms with E-state index in [1.54, 1.807) is 6.92 Å². The first-order chi connectivity index (χ1) is 6.19. The zero-order valence-electron chi connectivity index (χ0n) is 7.40. The summed E-state index contributed by atoms with van der Waals surface area (Å²) < 4.78 is 30.6. The molecule has 0 aliphatic rings. The van der Waals surface area contributed by atoms with Gasteiger partial charge in [-0.2, -0.15) is 4.98 Å². The van der Waals surface area contributed by atoms with Crippen LogP contribution in [0.15, 0.2) is 6.07 Å². The van der Waals surface area contributed by atoms with Gasteiger partial charge in [0.25, 0.3) is 5.88 Å². The number of anilines is 1. The maximum absolute atomic E-state index is 12.9. The van der Waals surface area contributed by atoms with Crippen LogP contribution < -0.4 is 10.1 Å². The van der Waals surface area contributed by atoms with E-state index in [2.05, 4.69) is 10.3 Å². The summed E-state index contributed by atoms with van der Waals surface area (Å²) in [4.78, 5) is 3.60. The van der Waals surface area contributed by atoms with Crippen molar-refractivity contribution < 1.29 is 13.5 Å². The van der Waals surface area contributed by atoms with Crippen molar-refractivity contribution in [3.63, 3.8) is 0 Å². The smallest absolute Gasteiger partial charge is 0.252 e. The lowest BCUT2D eigenvalue weighted by molar-refractivity contribution is 0.306. The number of aromatic nitrogens is 1. The van der Waals surface area contributed by atoms with Crippen molar-refractivity contribution in [3.05, 3.63) is 17.7 Å². The van der Waals surface area contributed by atoms with Gasteiger partial charge in [-0.05, 0) is 6.92 Å². The molecule has 3 nitrogen and oxygen atoms in total. The molecule has 0 aromatic carbocycles. The molecule has 1 heterocycles. The van der Waals surface area contributed by atoms with Gasteiger partial charge in [0.15, 0.2) is 17.5 Å². The second-order valence-corrected chi connectivity index (χ2v) is 2.29. The van der Waals surface area contributed by atoms with Crippen LogP contribution in [0.2, 0.25) is 0 Å². The molecule has 0 radical (unpaired) electrons. The van der Waals surface area contributed by atoms with E-state index in [9.17, 15) is 8.78 Å². The highest BCUT2D eigenvalue weighted by Crippen LogP contribution is 2.20. The van der Waals surface area contributed by atoms with Crippen LogP contribution in [0, 0.1) is 11.6 Å². The summed E-state index contributed by atoms with van der Waals surface area (Å²) in [5.41, 5.74) is 0. The van der Waals surface area contributed by atoms with Gasteiger partial charge in [-0.15, -0.1) is 0 Å². The maximum Gasteiger partial charge on any atom is 0.252 e. The van der Waals surface area contributed by atoms with E-state index in [1.165, 1.54) is 7.05 Å². The highest BCUT2D eigenvalue weighted by atomic mass is 19.1. The molecule has 1 aromatic rings. The molecule has 5 heteroatoms. The average Bonchev–Trinajstić information content (AvgIpc) is 2.10. The van der Waals surface area contributed by atoms with Crippen LogP contribution in [-0.4, -0.2) is 18.6 Å². The molecular formula is C8H10F2N2O. The summed E-state index contributed by atoms with van der Waals surface area (Å²) in [6.45, 7) is 1.99. The zero-order valence-corrected chi connectivity index (χ0v) is 7.40. The summed E-state index contributed by atoms with van der Waals surface area (Å²) in [7, 11) is 1.50. The number of nitrogens with zero attached hydrogens (tertiary/aromatic N) is 1. The Bertz CT molecular complexity index is 304. The lowest BCUT2D eigenvalue weighted by Crippen LogP contribution is -2.03. The molecule has 0 unspecified atom stereocenters. The predicted octanol–water partition coefficient (Wildman–Crippen LogP) is 1.80. The Labute approximate surface area is 74.7 Å². The predicted molar refractivity (Wildman–Crippen MR) is 44.9 cm³/mol. The molecule has 1 N–H and O–H groups in total. The largest absolute Gasteiger partial charge is 0.476 e. The first kappa shape index (κ1) is 9.70. The third kappa shape index (κ3) is 2.05. The Kier molecular flexibility index (Phi) is 3.00. The maximum atomic E-state index is 12.9. The second kappa shape index (κ2) is 4.02. The molecule has 0 spiro atoms. The van der Waals surface area contributed by atoms with Gasteiger partial charge < -0.3 is 10.1 Å². The Hall–Kier alpha value is -1.39. The molecule has 72 valence electrons. The van der Waals surface area contributed by atoms with E-state index in [1.807, 2.05) is 0 Å². The minimum atomic E-state index is -0.793. The van der Waals surface area contributed by atoms with E-state index >= 15 is 0 Å². The topological polar surface area (TPSA) is 34.1 Å². The molecule has 0 saturated heterocycles. The lowest BCUT2D eigenvalue weighted by Gasteiger charge is -2.06. The molecule has 13 heavy (non-hydrogen) atoms. The normalized spacial score (nSPS) is 9.85. The minimum absolute atomic E-state index is 0.0233. The average molecular weight is 188 g/mol. The van der Waals surface area contributed by atoms with Crippen LogP contribution in [0.5, 0.6) is 5.88 Å². The zero-order chi connectivity index (χ0) is 9.84. The molecule has 1 rings (SSSR count). The van der Waals surface area contributed by atoms with Gasteiger partial charge in [0.1, 0.15) is 0 Å². The molecule has 0 aliphatic heterocycles. The standard InChI is InChI=1S/C8H10F2N2O/c1-3-13-8-6(10)4-5(9)7(11-2)12-8/h4H,3H2,1-2H3,(H,11,12). The number of nitrogens with one attached hydrogen (secondary N) is 1. The summed E-state index contributed by atoms with van der Waals surface area (Å²) in [5, 5.41) is 2.49. The van der Waals surface area contributed by atoms with E-state index in [-0.39, 0.29) is 11.7 Å². The van der Waals surface area contributed by atoms with Crippen molar-refractivity contribution >= 4 is 5.82 Å². The van der Waals surface area contributed by atoms with Crippen LogP contribution in [0.25, 0.3) is 0 Å². The lowest BCUT2D eigenvalue weighted by atomic mass is 10.4. The molecular weight excluding hydrogens is 178 g/mol. The van der Waals surface area contributed by atoms with Gasteiger partial charge in [-0.1, -0.05) is 0 Å². The first-order valence-electron chi connectivity index (χ1n) is 3.85. The van der Waals surface area contributed by atoms with Crippen LogP contribution in [0.1, 0.15) is 6.92 Å². The Morgan fingerprint density at radius 2 is 2.15 bits per heavy atom. The molecule has 0 bridgehead atoms. The van der Waals surface area contributed by atoms with Gasteiger partial charge in [-0.3, -0.25) is 0 Å². The molecule has 0 atom stereocenters. The fourth-order valence-corrected chi connectivity index (χ4v) is 0.863. The summed E-state index contributed by atoms with van der Waals surface area (Å²) in [6.07, 6.45) is 0. The van der Waals surface area contributed by atoms with E-state index in [4.69, 9.17) is 4.74 Å². The Morgan fingerprint density at radius 3 is 2.69 bits per heavy atom. The number of hydrogen-bond acceptors (Lipinski definition) is 3. The molecule has 0 amide bonds. The van der Waals surface area contributed by atoms with Crippen molar-refractivity contribution in [2.75, 3.05) is 19.0 Å². The number of ether oxygens (including phenoxy) is 1. The first-order valence-corrected chi connectivity index (χ1v) is 3.85. The van der Waals surface area contributed by atoms with Gasteiger partial charge in [-0.25, -0.2) is 8.78 Å². The minimum Gasteiger partial charge on any atom is -0.476 e. The number of hydrogen-bond donors (Lipinski definition) is 1. The third-order valence-corrected chi connectivity index (χ3v) is 1.42. The quantitative estimate of drug-likeness (QED) is 0.785. The Balaban J connectivity index is 3.06. The SMILES string of the molecule is CCOc1nc(NC)c(F)cc1F. The van der Waals surface area contributed by atoms with Crippen molar-refractivity contribution in [3.8, 4) is 5.88 Å². The monoisotopic (exact) mass is 188 g/mol. The Morgan fingerprint density at radius 1 is 1.46 bits per heavy atom. The third-order valence-electron chi connectivity index (χ3n) is 1.42. The van der Waals surface area contributed by atoms with Crippen molar-refractivity contribution in [1.29, 1.82) is 0 Å². The van der Waals surface area contributed by atoms with E-state index in [0.717, 1.165) is 6.07 Å². The second-order valence-electron chi connectivity index (χ2n) is 2.29. The molecule has 0 fully saturated rings. The van der Waals surface area contributed by atoms with E-state index in [0.29, 0.717) is 6.61 Å². The summed E-state index contributed by atoms with van der Waals surface area (Å²) >= 11 is 0. The highest BCUT2D eigenvalue weighted by Gasteiger charge is 2.10. The number of rotatable bonds is 3. The van der Waals surface area contributed by atoms with Crippen molar-refractivity contribution in [2.24, 2.45) is 0 Å². The fourth-order valence-electron chi connectivity index (χ4n) is 0.863. The van der Waals surface area contributed by atoms with Gasteiger partial charge in [0.2, 0.25) is 0 Å². The summed E-state index contributed by atoms with van der Waals surface area (Å²) in [5.74, 6) is -1.74. The van der Waals surface area contributed by atoms with Crippen molar-refractivity contribution in [2.45, 2.75) is 6.92 Å². The van der Waals surface area contributed by atoms with Gasteiger partial charge in [0.05, 0.1) is 6.61 Å². The highest BCUT2D eigenvalue weighted by molar-refractivity contribution is 5.38. The number of pyridine rings is 1. The van der Waals surface area contributed by atoms with Crippen LogP contribution >= 0.6 is 0 Å². The molecule has 0 saturated carbocycles. The van der Waals surface area contributed by atoms with Crippen LogP contribution in [0.4, 0.5) is 14.6 Å². The van der Waals surface area contributed by atoms with Crippen molar-refractivity contribution in [1.82, 2.24) is 4.98 Å². The van der Waals surface area contributed by atoms with Gasteiger partial charge in [0, 0.05) is 13.1 Å². The van der Waals surface area contributed by atoms with E-state index < -0.39 is 11.6 Å². The molecule has 0 aliphatic carbocycles. The fraction of sp³-hybridized carbons (Fsp3) is 0.375. The van der Waals surface area contributed by atoms with Crippen LogP contribution in [-0.2, 0) is 0 Å². The summed E-state index contributed by atoms with van der Waals surface area (Å²) in [6, 6.07) is 0.740. The number of halogens is 2.